The summed E-state index contributed by atoms with van der Waals surface area (Å²) in [5.74, 6) is -0.665. The van der Waals surface area contributed by atoms with E-state index in [4.69, 9.17) is 4.74 Å². The van der Waals surface area contributed by atoms with Gasteiger partial charge in [0, 0.05) is 18.2 Å². The van der Waals surface area contributed by atoms with Crippen molar-refractivity contribution in [3.05, 3.63) is 34.9 Å². The van der Waals surface area contributed by atoms with Gasteiger partial charge in [-0.05, 0) is 63.3 Å². The predicted molar refractivity (Wildman–Crippen MR) is 80.3 cm³/mol. The summed E-state index contributed by atoms with van der Waals surface area (Å²) in [7, 11) is 0. The molecule has 0 amide bonds. The SMILES string of the molecule is CCCNC(CCC1CCCO1)c1cc(F)c(C)cc1F. The number of halogens is 2. The molecule has 2 unspecified atom stereocenters. The highest BCUT2D eigenvalue weighted by molar-refractivity contribution is 5.27. The van der Waals surface area contributed by atoms with Gasteiger partial charge < -0.3 is 10.1 Å². The van der Waals surface area contributed by atoms with E-state index < -0.39 is 0 Å². The van der Waals surface area contributed by atoms with Crippen molar-refractivity contribution in [1.29, 1.82) is 0 Å². The Bertz CT molecular complexity index is 458. The lowest BCUT2D eigenvalue weighted by atomic mass is 9.97. The summed E-state index contributed by atoms with van der Waals surface area (Å²) in [5, 5.41) is 3.33. The molecule has 1 aliphatic heterocycles. The van der Waals surface area contributed by atoms with Crippen molar-refractivity contribution in [3.63, 3.8) is 0 Å². The number of aryl methyl sites for hydroxylation is 1. The van der Waals surface area contributed by atoms with E-state index in [9.17, 15) is 8.78 Å². The third kappa shape index (κ3) is 4.48. The smallest absolute Gasteiger partial charge is 0.128 e. The van der Waals surface area contributed by atoms with Gasteiger partial charge in [-0.2, -0.15) is 0 Å². The zero-order valence-electron chi connectivity index (χ0n) is 12.9. The van der Waals surface area contributed by atoms with Crippen molar-refractivity contribution in [3.8, 4) is 0 Å². The van der Waals surface area contributed by atoms with E-state index in [0.717, 1.165) is 45.3 Å². The Balaban J connectivity index is 2.08. The summed E-state index contributed by atoms with van der Waals surface area (Å²) in [6.45, 7) is 5.27. The van der Waals surface area contributed by atoms with Crippen LogP contribution in [0.25, 0.3) is 0 Å². The van der Waals surface area contributed by atoms with Gasteiger partial charge in [0.2, 0.25) is 0 Å². The molecule has 1 N–H and O–H groups in total. The van der Waals surface area contributed by atoms with Crippen molar-refractivity contribution < 1.29 is 13.5 Å². The second-order valence-electron chi connectivity index (χ2n) is 5.84. The van der Waals surface area contributed by atoms with E-state index >= 15 is 0 Å². The molecule has 1 aromatic rings. The number of hydrogen-bond donors (Lipinski definition) is 1. The Morgan fingerprint density at radius 2 is 2.14 bits per heavy atom. The molecule has 0 spiro atoms. The quantitative estimate of drug-likeness (QED) is 0.811. The van der Waals surface area contributed by atoms with Crippen LogP contribution in [0.1, 0.15) is 56.2 Å². The number of ether oxygens (including phenoxy) is 1. The Hall–Kier alpha value is -1.00. The summed E-state index contributed by atoms with van der Waals surface area (Å²) in [6.07, 6.45) is 5.07. The minimum absolute atomic E-state index is 0.149. The highest BCUT2D eigenvalue weighted by Gasteiger charge is 2.21. The van der Waals surface area contributed by atoms with Crippen LogP contribution >= 0.6 is 0 Å². The molecule has 21 heavy (non-hydrogen) atoms. The minimum atomic E-state index is -0.341. The summed E-state index contributed by atoms with van der Waals surface area (Å²) in [4.78, 5) is 0. The van der Waals surface area contributed by atoms with Gasteiger partial charge in [-0.25, -0.2) is 8.78 Å². The summed E-state index contributed by atoms with van der Waals surface area (Å²) >= 11 is 0. The van der Waals surface area contributed by atoms with Gasteiger partial charge >= 0.3 is 0 Å². The Morgan fingerprint density at radius 1 is 1.33 bits per heavy atom. The van der Waals surface area contributed by atoms with E-state index in [1.54, 1.807) is 6.92 Å². The van der Waals surface area contributed by atoms with Crippen LogP contribution in [0.5, 0.6) is 0 Å². The molecule has 1 saturated heterocycles. The van der Waals surface area contributed by atoms with Crippen molar-refractivity contribution >= 4 is 0 Å². The summed E-state index contributed by atoms with van der Waals surface area (Å²) < 4.78 is 33.6. The zero-order chi connectivity index (χ0) is 15.2. The number of benzene rings is 1. The molecule has 1 aromatic carbocycles. The largest absolute Gasteiger partial charge is 0.378 e. The minimum Gasteiger partial charge on any atom is -0.378 e. The standard InChI is InChI=1S/C17H25F2NO/c1-3-8-20-17(7-6-13-5-4-9-21-13)14-11-15(18)12(2)10-16(14)19/h10-11,13,17,20H,3-9H2,1-2H3. The average molecular weight is 297 g/mol. The molecule has 1 heterocycles. The molecular formula is C17H25F2NO. The third-order valence-corrected chi connectivity index (χ3v) is 4.10. The zero-order valence-corrected chi connectivity index (χ0v) is 12.9. The molecule has 1 aliphatic rings. The van der Waals surface area contributed by atoms with Gasteiger partial charge in [-0.15, -0.1) is 0 Å². The fourth-order valence-corrected chi connectivity index (χ4v) is 2.84. The molecule has 0 bridgehead atoms. The van der Waals surface area contributed by atoms with Crippen LogP contribution in [0, 0.1) is 18.6 Å². The Morgan fingerprint density at radius 3 is 2.81 bits per heavy atom. The van der Waals surface area contributed by atoms with Crippen molar-refractivity contribution in [1.82, 2.24) is 5.32 Å². The fraction of sp³-hybridized carbons (Fsp3) is 0.647. The molecule has 2 atom stereocenters. The van der Waals surface area contributed by atoms with Gasteiger partial charge in [0.05, 0.1) is 6.10 Å². The molecule has 0 saturated carbocycles. The number of hydrogen-bond acceptors (Lipinski definition) is 2. The van der Waals surface area contributed by atoms with Crippen molar-refractivity contribution in [2.24, 2.45) is 0 Å². The highest BCUT2D eigenvalue weighted by Crippen LogP contribution is 2.27. The maximum atomic E-state index is 14.2. The van der Waals surface area contributed by atoms with Crippen molar-refractivity contribution in [2.75, 3.05) is 13.2 Å². The predicted octanol–water partition coefficient (Wildman–Crippen LogP) is 4.27. The number of rotatable bonds is 7. The first-order valence-electron chi connectivity index (χ1n) is 7.92. The molecular weight excluding hydrogens is 272 g/mol. The van der Waals surface area contributed by atoms with Crippen LogP contribution < -0.4 is 5.32 Å². The summed E-state index contributed by atoms with van der Waals surface area (Å²) in [5.41, 5.74) is 0.786. The second kappa shape index (κ2) is 7.85. The van der Waals surface area contributed by atoms with E-state index in [0.29, 0.717) is 11.1 Å². The maximum Gasteiger partial charge on any atom is 0.128 e. The van der Waals surface area contributed by atoms with E-state index in [1.165, 1.54) is 12.1 Å². The van der Waals surface area contributed by atoms with E-state index in [1.807, 2.05) is 0 Å². The van der Waals surface area contributed by atoms with Gasteiger partial charge in [-0.3, -0.25) is 0 Å². The molecule has 0 aliphatic carbocycles. The van der Waals surface area contributed by atoms with Gasteiger partial charge in [0.15, 0.2) is 0 Å². The normalized spacial score (nSPS) is 19.9. The highest BCUT2D eigenvalue weighted by atomic mass is 19.1. The van der Waals surface area contributed by atoms with Gasteiger partial charge in [0.25, 0.3) is 0 Å². The first-order chi connectivity index (χ1) is 10.1. The maximum absolute atomic E-state index is 14.2. The second-order valence-corrected chi connectivity index (χ2v) is 5.84. The van der Waals surface area contributed by atoms with Crippen LogP contribution in [0.2, 0.25) is 0 Å². The third-order valence-electron chi connectivity index (χ3n) is 4.10. The van der Waals surface area contributed by atoms with Crippen LogP contribution in [-0.4, -0.2) is 19.3 Å². The molecule has 2 nitrogen and oxygen atoms in total. The average Bonchev–Trinajstić information content (AvgIpc) is 2.97. The topological polar surface area (TPSA) is 21.3 Å². The Kier molecular flexibility index (Phi) is 6.12. The first-order valence-corrected chi connectivity index (χ1v) is 7.92. The van der Waals surface area contributed by atoms with Gasteiger partial charge in [0.1, 0.15) is 11.6 Å². The Labute approximate surface area is 125 Å². The van der Waals surface area contributed by atoms with Crippen LogP contribution in [0.4, 0.5) is 8.78 Å². The van der Waals surface area contributed by atoms with Crippen LogP contribution in [0.3, 0.4) is 0 Å². The van der Waals surface area contributed by atoms with Crippen molar-refractivity contribution in [2.45, 2.75) is 58.1 Å². The summed E-state index contributed by atoms with van der Waals surface area (Å²) in [6, 6.07) is 2.48. The lowest BCUT2D eigenvalue weighted by molar-refractivity contribution is 0.0994. The molecule has 2 rings (SSSR count). The monoisotopic (exact) mass is 297 g/mol. The lowest BCUT2D eigenvalue weighted by Crippen LogP contribution is -2.24. The van der Waals surface area contributed by atoms with E-state index in [2.05, 4.69) is 12.2 Å². The van der Waals surface area contributed by atoms with Gasteiger partial charge in [-0.1, -0.05) is 6.92 Å². The van der Waals surface area contributed by atoms with Crippen LogP contribution in [-0.2, 0) is 4.74 Å². The molecule has 1 fully saturated rings. The first kappa shape index (κ1) is 16.4. The lowest BCUT2D eigenvalue weighted by Gasteiger charge is -2.21. The fourth-order valence-electron chi connectivity index (χ4n) is 2.84. The van der Waals surface area contributed by atoms with Crippen LogP contribution in [0.15, 0.2) is 12.1 Å². The van der Waals surface area contributed by atoms with E-state index in [-0.39, 0.29) is 23.8 Å². The molecule has 118 valence electrons. The molecule has 0 aromatic heterocycles. The molecule has 0 radical (unpaired) electrons. The molecule has 4 heteroatoms. The number of nitrogens with one attached hydrogen (secondary N) is 1.